The fourth-order valence-electron chi connectivity index (χ4n) is 1.40. The van der Waals surface area contributed by atoms with Crippen molar-refractivity contribution in [1.82, 2.24) is 4.98 Å². The molecular weight excluding hydrogens is 332 g/mol. The lowest BCUT2D eigenvalue weighted by molar-refractivity contribution is -0.275. The van der Waals surface area contributed by atoms with E-state index in [1.54, 1.807) is 0 Å². The second-order valence-corrected chi connectivity index (χ2v) is 3.96. The Morgan fingerprint density at radius 2 is 1.86 bits per heavy atom. The number of aliphatic carboxylic acids is 1. The van der Waals surface area contributed by atoms with Gasteiger partial charge in [0.25, 0.3) is 0 Å². The summed E-state index contributed by atoms with van der Waals surface area (Å²) in [6.07, 6.45) is -11.4. The number of nitrogens with zero attached hydrogens (tertiary/aromatic N) is 1. The highest BCUT2D eigenvalue weighted by Crippen LogP contribution is 2.36. The maximum absolute atomic E-state index is 12.7. The van der Waals surface area contributed by atoms with Crippen LogP contribution in [0.25, 0.3) is 0 Å². The van der Waals surface area contributed by atoms with E-state index in [1.807, 2.05) is 0 Å². The Kier molecular flexibility index (Phi) is 4.92. The van der Waals surface area contributed by atoms with Gasteiger partial charge in [0.15, 0.2) is 5.75 Å². The molecule has 0 saturated heterocycles. The Labute approximate surface area is 118 Å². The first-order chi connectivity index (χ1) is 9.44. The van der Waals surface area contributed by atoms with Crippen molar-refractivity contribution in [2.75, 3.05) is 0 Å². The molecule has 4 nitrogen and oxygen atoms in total. The molecule has 0 saturated carbocycles. The third-order valence-electron chi connectivity index (χ3n) is 2.10. The summed E-state index contributed by atoms with van der Waals surface area (Å²) in [4.78, 5) is 13.4. The fraction of sp³-hybridized carbons (Fsp3) is 0.400. The number of hydrogen-bond acceptors (Lipinski definition) is 3. The molecule has 0 aliphatic rings. The van der Waals surface area contributed by atoms with E-state index in [-0.39, 0.29) is 0 Å². The summed E-state index contributed by atoms with van der Waals surface area (Å²) in [6, 6.07) is 0.384. The normalized spacial score (nSPS) is 12.3. The average molecular weight is 338 g/mol. The van der Waals surface area contributed by atoms with Gasteiger partial charge in [-0.05, 0) is 6.07 Å². The van der Waals surface area contributed by atoms with Crippen molar-refractivity contribution in [3.63, 3.8) is 0 Å². The third kappa shape index (κ3) is 4.96. The SMILES string of the molecule is O=C(O)Cc1nc(C(F)(F)F)c(CCl)cc1OC(F)(F)F. The molecule has 1 aromatic rings. The number of carbonyl (C=O) groups is 1. The zero-order chi connectivity index (χ0) is 16.4. The summed E-state index contributed by atoms with van der Waals surface area (Å²) in [5.74, 6) is -3.57. The Bertz CT molecular complexity index is 543. The third-order valence-corrected chi connectivity index (χ3v) is 2.39. The Morgan fingerprint density at radius 3 is 2.24 bits per heavy atom. The van der Waals surface area contributed by atoms with Crippen LogP contribution in [0.2, 0.25) is 0 Å². The standard InChI is InChI=1S/C10H6ClF6NO3/c11-3-4-1-6(21-10(15,16)17)5(2-7(19)20)18-8(4)9(12,13)14/h1H,2-3H2,(H,19,20). The number of ether oxygens (including phenoxy) is 1. The molecule has 0 aromatic carbocycles. The number of pyridine rings is 1. The zero-order valence-corrected chi connectivity index (χ0v) is 10.6. The molecule has 0 bridgehead atoms. The molecule has 21 heavy (non-hydrogen) atoms. The van der Waals surface area contributed by atoms with Gasteiger partial charge in [-0.3, -0.25) is 4.79 Å². The van der Waals surface area contributed by atoms with Crippen LogP contribution in [0.1, 0.15) is 17.0 Å². The number of alkyl halides is 7. The molecule has 118 valence electrons. The minimum absolute atomic E-state index is 0.384. The topological polar surface area (TPSA) is 59.4 Å². The van der Waals surface area contributed by atoms with Crippen molar-refractivity contribution in [3.8, 4) is 5.75 Å². The van der Waals surface area contributed by atoms with Crippen molar-refractivity contribution in [3.05, 3.63) is 23.0 Å². The minimum atomic E-state index is -5.21. The minimum Gasteiger partial charge on any atom is -0.481 e. The summed E-state index contributed by atoms with van der Waals surface area (Å²) in [5, 5.41) is 8.53. The van der Waals surface area contributed by atoms with Crippen LogP contribution >= 0.6 is 11.6 Å². The predicted molar refractivity (Wildman–Crippen MR) is 56.8 cm³/mol. The molecule has 1 aromatic heterocycles. The lowest BCUT2D eigenvalue weighted by Gasteiger charge is -2.16. The number of hydrogen-bond donors (Lipinski definition) is 1. The van der Waals surface area contributed by atoms with Crippen molar-refractivity contribution in [2.24, 2.45) is 0 Å². The second kappa shape index (κ2) is 5.96. The molecule has 0 atom stereocenters. The van der Waals surface area contributed by atoms with Crippen LogP contribution in [0, 0.1) is 0 Å². The van der Waals surface area contributed by atoms with Crippen molar-refractivity contribution in [2.45, 2.75) is 24.8 Å². The molecule has 0 fully saturated rings. The van der Waals surface area contributed by atoms with Crippen LogP contribution in [0.3, 0.4) is 0 Å². The monoisotopic (exact) mass is 337 g/mol. The lowest BCUT2D eigenvalue weighted by atomic mass is 10.1. The molecule has 1 N–H and O–H groups in total. The summed E-state index contributed by atoms with van der Waals surface area (Å²) < 4.78 is 78.1. The highest BCUT2D eigenvalue weighted by Gasteiger charge is 2.38. The molecule has 11 heteroatoms. The predicted octanol–water partition coefficient (Wildman–Crippen LogP) is 3.36. The van der Waals surface area contributed by atoms with E-state index in [9.17, 15) is 31.1 Å². The van der Waals surface area contributed by atoms with Crippen molar-refractivity contribution < 1.29 is 41.0 Å². The van der Waals surface area contributed by atoms with Gasteiger partial charge in [0.2, 0.25) is 0 Å². The van der Waals surface area contributed by atoms with Crippen molar-refractivity contribution in [1.29, 1.82) is 0 Å². The number of carboxylic acid groups (broad SMARTS) is 1. The maximum atomic E-state index is 12.7. The van der Waals surface area contributed by atoms with E-state index in [0.29, 0.717) is 6.07 Å². The summed E-state index contributed by atoms with van der Waals surface area (Å²) >= 11 is 5.25. The maximum Gasteiger partial charge on any atom is 0.573 e. The van der Waals surface area contributed by atoms with Gasteiger partial charge in [-0.2, -0.15) is 13.2 Å². The first kappa shape index (κ1) is 17.3. The van der Waals surface area contributed by atoms with Gasteiger partial charge >= 0.3 is 18.5 Å². The van der Waals surface area contributed by atoms with Gasteiger partial charge in [-0.1, -0.05) is 0 Å². The first-order valence-electron chi connectivity index (χ1n) is 5.07. The zero-order valence-electron chi connectivity index (χ0n) is 9.85. The molecule has 0 unspecified atom stereocenters. The van der Waals surface area contributed by atoms with Gasteiger partial charge in [-0.25, -0.2) is 4.98 Å². The molecular formula is C10H6ClF6NO3. The van der Waals surface area contributed by atoms with Gasteiger partial charge in [0, 0.05) is 11.4 Å². The van der Waals surface area contributed by atoms with E-state index in [4.69, 9.17) is 16.7 Å². The van der Waals surface area contributed by atoms with E-state index < -0.39 is 53.5 Å². The summed E-state index contributed by atoms with van der Waals surface area (Å²) in [7, 11) is 0. The van der Waals surface area contributed by atoms with Crippen LogP contribution in [-0.4, -0.2) is 22.4 Å². The van der Waals surface area contributed by atoms with Crippen LogP contribution in [0.15, 0.2) is 6.07 Å². The number of rotatable bonds is 4. The van der Waals surface area contributed by atoms with Crippen LogP contribution in [-0.2, 0) is 23.3 Å². The first-order valence-corrected chi connectivity index (χ1v) is 5.61. The molecule has 0 aliphatic heterocycles. The van der Waals surface area contributed by atoms with Gasteiger partial charge in [0.05, 0.1) is 12.1 Å². The summed E-state index contributed by atoms with van der Waals surface area (Å²) in [6.45, 7) is 0. The van der Waals surface area contributed by atoms with Gasteiger partial charge in [-0.15, -0.1) is 24.8 Å². The van der Waals surface area contributed by atoms with Crippen LogP contribution in [0.4, 0.5) is 26.3 Å². The van der Waals surface area contributed by atoms with E-state index >= 15 is 0 Å². The highest BCUT2D eigenvalue weighted by atomic mass is 35.5. The molecule has 0 radical (unpaired) electrons. The Balaban J connectivity index is 3.44. The largest absolute Gasteiger partial charge is 0.573 e. The molecule has 0 aliphatic carbocycles. The average Bonchev–Trinajstić information content (AvgIpc) is 2.26. The number of aromatic nitrogens is 1. The molecule has 0 amide bonds. The second-order valence-electron chi connectivity index (χ2n) is 3.69. The Morgan fingerprint density at radius 1 is 1.29 bits per heavy atom. The summed E-state index contributed by atoms with van der Waals surface area (Å²) in [5.41, 5.74) is -3.30. The van der Waals surface area contributed by atoms with Gasteiger partial charge < -0.3 is 9.84 Å². The highest BCUT2D eigenvalue weighted by molar-refractivity contribution is 6.17. The van der Waals surface area contributed by atoms with E-state index in [1.165, 1.54) is 0 Å². The fourth-order valence-corrected chi connectivity index (χ4v) is 1.61. The molecule has 1 heterocycles. The quantitative estimate of drug-likeness (QED) is 0.676. The molecule has 0 spiro atoms. The van der Waals surface area contributed by atoms with Crippen LogP contribution in [0.5, 0.6) is 5.75 Å². The lowest BCUT2D eigenvalue weighted by Crippen LogP contribution is -2.21. The molecule has 1 rings (SSSR count). The Hall–Kier alpha value is -1.71. The van der Waals surface area contributed by atoms with Crippen LogP contribution < -0.4 is 4.74 Å². The van der Waals surface area contributed by atoms with E-state index in [0.717, 1.165) is 0 Å². The van der Waals surface area contributed by atoms with Crippen molar-refractivity contribution >= 4 is 17.6 Å². The van der Waals surface area contributed by atoms with Gasteiger partial charge in [0.1, 0.15) is 5.69 Å². The number of carboxylic acids is 1. The van der Waals surface area contributed by atoms with E-state index in [2.05, 4.69) is 9.72 Å². The smallest absolute Gasteiger partial charge is 0.481 e. The number of halogens is 7.